The van der Waals surface area contributed by atoms with Crippen LogP contribution in [0.1, 0.15) is 6.92 Å². The third-order valence-electron chi connectivity index (χ3n) is 0.890. The topological polar surface area (TPSA) is 52.6 Å². The molecule has 0 aromatic rings. The molecule has 6 heteroatoms. The van der Waals surface area contributed by atoms with Gasteiger partial charge in [0.05, 0.1) is 18.8 Å². The van der Waals surface area contributed by atoms with E-state index in [4.69, 9.17) is 10.7 Å². The molecular weight excluding hydrogens is 204 g/mol. The van der Waals surface area contributed by atoms with Crippen molar-refractivity contribution in [3.8, 4) is 0 Å². The lowest BCUT2D eigenvalue weighted by Gasteiger charge is -2.02. The Morgan fingerprint density at radius 3 is 2.67 bits per heavy atom. The molecule has 0 saturated carbocycles. The molecule has 12 heavy (non-hydrogen) atoms. The number of carbonyl (C=O) groups is 1. The minimum atomic E-state index is -1.90. The number of ether oxygens (including phenoxy) is 1. The second kappa shape index (κ2) is 6.16. The van der Waals surface area contributed by atoms with Crippen LogP contribution in [0.5, 0.6) is 0 Å². The van der Waals surface area contributed by atoms with Crippen LogP contribution in [0, 0.1) is 0 Å². The van der Waals surface area contributed by atoms with Crippen molar-refractivity contribution >= 4 is 26.9 Å². The Kier molecular flexibility index (Phi) is 5.96. The molecule has 0 N–H and O–H groups in total. The summed E-state index contributed by atoms with van der Waals surface area (Å²) in [4.78, 5) is 10.8. The molecule has 0 bridgehead atoms. The van der Waals surface area contributed by atoms with Gasteiger partial charge in [0.2, 0.25) is 0 Å². The SMILES string of the molecule is C=C(COS(=O)Cl)C(=O)OCC. The Balaban J connectivity index is 3.72. The molecule has 0 radical (unpaired) electrons. The predicted molar refractivity (Wildman–Crippen MR) is 45.7 cm³/mol. The van der Waals surface area contributed by atoms with Crippen molar-refractivity contribution in [2.75, 3.05) is 13.2 Å². The summed E-state index contributed by atoms with van der Waals surface area (Å²) < 4.78 is 19.2. The van der Waals surface area contributed by atoms with Crippen molar-refractivity contribution in [1.82, 2.24) is 0 Å². The van der Waals surface area contributed by atoms with Crippen molar-refractivity contribution < 1.29 is 17.9 Å². The number of rotatable bonds is 5. The molecule has 0 spiro atoms. The highest BCUT2D eigenvalue weighted by atomic mass is 35.7. The van der Waals surface area contributed by atoms with Crippen LogP contribution in [-0.2, 0) is 24.0 Å². The van der Waals surface area contributed by atoms with Gasteiger partial charge in [0.15, 0.2) is 0 Å². The molecule has 0 saturated heterocycles. The lowest BCUT2D eigenvalue weighted by atomic mass is 10.3. The zero-order chi connectivity index (χ0) is 9.56. The molecule has 0 aromatic heterocycles. The van der Waals surface area contributed by atoms with Crippen LogP contribution in [0.15, 0.2) is 12.2 Å². The summed E-state index contributed by atoms with van der Waals surface area (Å²) in [6.07, 6.45) is 0. The zero-order valence-corrected chi connectivity index (χ0v) is 8.11. The minimum absolute atomic E-state index is 0.0888. The molecule has 70 valence electrons. The van der Waals surface area contributed by atoms with Crippen molar-refractivity contribution in [3.63, 3.8) is 0 Å². The third kappa shape index (κ3) is 5.29. The average molecular weight is 213 g/mol. The molecular formula is C6H9ClO4S. The van der Waals surface area contributed by atoms with E-state index in [9.17, 15) is 9.00 Å². The summed E-state index contributed by atoms with van der Waals surface area (Å²) in [5.41, 5.74) is 0.0888. The van der Waals surface area contributed by atoms with E-state index in [0.29, 0.717) is 0 Å². The molecule has 0 fully saturated rings. The Labute approximate surface area is 77.7 Å². The lowest BCUT2D eigenvalue weighted by Crippen LogP contribution is -2.11. The molecule has 0 heterocycles. The van der Waals surface area contributed by atoms with Crippen LogP contribution < -0.4 is 0 Å². The van der Waals surface area contributed by atoms with Crippen LogP contribution in [0.2, 0.25) is 0 Å². The molecule has 0 aliphatic rings. The van der Waals surface area contributed by atoms with Crippen LogP contribution in [-0.4, -0.2) is 23.4 Å². The van der Waals surface area contributed by atoms with Gasteiger partial charge < -0.3 is 4.74 Å². The summed E-state index contributed by atoms with van der Waals surface area (Å²) >= 11 is 0. The van der Waals surface area contributed by atoms with Crippen LogP contribution in [0.25, 0.3) is 0 Å². The fourth-order valence-electron chi connectivity index (χ4n) is 0.410. The van der Waals surface area contributed by atoms with E-state index in [1.807, 2.05) is 0 Å². The highest BCUT2D eigenvalue weighted by Crippen LogP contribution is 1.99. The van der Waals surface area contributed by atoms with Crippen LogP contribution in [0.4, 0.5) is 0 Å². The van der Waals surface area contributed by atoms with Gasteiger partial charge in [0.25, 0.3) is 10.3 Å². The fourth-order valence-corrected chi connectivity index (χ4v) is 0.778. The van der Waals surface area contributed by atoms with Crippen LogP contribution in [0.3, 0.4) is 0 Å². The Bertz CT molecular complexity index is 204. The monoisotopic (exact) mass is 212 g/mol. The Hall–Kier alpha value is -0.390. The summed E-state index contributed by atoms with van der Waals surface area (Å²) in [6, 6.07) is 0. The molecule has 0 aromatic carbocycles. The van der Waals surface area contributed by atoms with Crippen molar-refractivity contribution in [2.24, 2.45) is 0 Å². The third-order valence-corrected chi connectivity index (χ3v) is 1.46. The van der Waals surface area contributed by atoms with Crippen molar-refractivity contribution in [2.45, 2.75) is 6.92 Å². The quantitative estimate of drug-likeness (QED) is 0.387. The largest absolute Gasteiger partial charge is 0.463 e. The number of esters is 1. The highest BCUT2D eigenvalue weighted by Gasteiger charge is 2.08. The maximum absolute atomic E-state index is 10.8. The smallest absolute Gasteiger partial charge is 0.335 e. The van der Waals surface area contributed by atoms with Gasteiger partial charge in [0.1, 0.15) is 0 Å². The summed E-state index contributed by atoms with van der Waals surface area (Å²) in [5, 5.41) is 0. The maximum Gasteiger partial charge on any atom is 0.335 e. The van der Waals surface area contributed by atoms with E-state index in [0.717, 1.165) is 0 Å². The molecule has 1 unspecified atom stereocenters. The normalized spacial score (nSPS) is 12.2. The van der Waals surface area contributed by atoms with Gasteiger partial charge in [-0.2, -0.15) is 0 Å². The van der Waals surface area contributed by atoms with Crippen molar-refractivity contribution in [1.29, 1.82) is 0 Å². The molecule has 0 aliphatic carbocycles. The molecule has 0 aliphatic heterocycles. The van der Waals surface area contributed by atoms with Gasteiger partial charge >= 0.3 is 5.97 Å². The average Bonchev–Trinajstić information content (AvgIpc) is 2.00. The van der Waals surface area contributed by atoms with Gasteiger partial charge in [-0.3, -0.25) is 4.18 Å². The van der Waals surface area contributed by atoms with E-state index >= 15 is 0 Å². The molecule has 0 amide bonds. The van der Waals surface area contributed by atoms with Crippen LogP contribution >= 0.6 is 10.7 Å². The van der Waals surface area contributed by atoms with E-state index < -0.39 is 16.3 Å². The number of carbonyl (C=O) groups excluding carboxylic acids is 1. The second-order valence-electron chi connectivity index (χ2n) is 1.78. The second-order valence-corrected chi connectivity index (χ2v) is 3.16. The minimum Gasteiger partial charge on any atom is -0.463 e. The first-order valence-electron chi connectivity index (χ1n) is 3.14. The first kappa shape index (κ1) is 11.6. The summed E-state index contributed by atoms with van der Waals surface area (Å²) in [7, 11) is 3.06. The number of hydrogen-bond acceptors (Lipinski definition) is 4. The first-order valence-corrected chi connectivity index (χ1v) is 5.04. The lowest BCUT2D eigenvalue weighted by molar-refractivity contribution is -0.138. The first-order chi connectivity index (χ1) is 5.57. The Morgan fingerprint density at radius 1 is 1.67 bits per heavy atom. The summed E-state index contributed by atoms with van der Waals surface area (Å²) in [6.45, 7) is 5.11. The molecule has 0 rings (SSSR count). The fraction of sp³-hybridized carbons (Fsp3) is 0.500. The van der Waals surface area contributed by atoms with E-state index in [1.54, 1.807) is 6.92 Å². The van der Waals surface area contributed by atoms with E-state index in [-0.39, 0.29) is 18.8 Å². The number of halogens is 1. The predicted octanol–water partition coefficient (Wildman–Crippen LogP) is 0.940. The van der Waals surface area contributed by atoms with E-state index in [1.165, 1.54) is 0 Å². The maximum atomic E-state index is 10.8. The highest BCUT2D eigenvalue weighted by molar-refractivity contribution is 8.04. The van der Waals surface area contributed by atoms with Gasteiger partial charge in [-0.1, -0.05) is 6.58 Å². The molecule has 4 nitrogen and oxygen atoms in total. The van der Waals surface area contributed by atoms with Gasteiger partial charge in [-0.05, 0) is 6.92 Å². The standard InChI is InChI=1S/C6H9ClO4S/c1-3-10-6(8)5(2)4-11-12(7)9/h2-4H2,1H3. The zero-order valence-electron chi connectivity index (χ0n) is 6.54. The molecule has 1 atom stereocenters. The Morgan fingerprint density at radius 2 is 2.25 bits per heavy atom. The van der Waals surface area contributed by atoms with Gasteiger partial charge in [-0.25, -0.2) is 9.00 Å². The van der Waals surface area contributed by atoms with Gasteiger partial charge in [0, 0.05) is 10.7 Å². The van der Waals surface area contributed by atoms with Crippen molar-refractivity contribution in [3.05, 3.63) is 12.2 Å². The van der Waals surface area contributed by atoms with Gasteiger partial charge in [-0.15, -0.1) is 0 Å². The van der Waals surface area contributed by atoms with E-state index in [2.05, 4.69) is 15.5 Å². The summed E-state index contributed by atoms with van der Waals surface area (Å²) in [5.74, 6) is -0.570. The number of hydrogen-bond donors (Lipinski definition) is 0.